The summed E-state index contributed by atoms with van der Waals surface area (Å²) in [5, 5.41) is 16.8. The minimum Gasteiger partial charge on any atom is -0.456 e. The second-order valence-corrected chi connectivity index (χ2v) is 19.3. The number of halogens is 1. The molecule has 6 aromatic rings. The van der Waals surface area contributed by atoms with Crippen LogP contribution in [-0.4, -0.2) is 99.6 Å². The van der Waals surface area contributed by atoms with Gasteiger partial charge in [-0.1, -0.05) is 60.1 Å². The lowest BCUT2D eigenvalue weighted by atomic mass is 9.99. The van der Waals surface area contributed by atoms with Crippen molar-refractivity contribution in [3.8, 4) is 33.1 Å². The molecule has 0 radical (unpaired) electrons. The summed E-state index contributed by atoms with van der Waals surface area (Å²) >= 11 is 7.74. The second-order valence-electron chi connectivity index (χ2n) is 16.0. The van der Waals surface area contributed by atoms with Gasteiger partial charge in [0.1, 0.15) is 17.2 Å². The Kier molecular flexibility index (Phi) is 14.4. The molecule has 2 fully saturated rings. The molecular weight excluding hydrogens is 886 g/mol. The zero-order valence-corrected chi connectivity index (χ0v) is 38.6. The number of hydrogen-bond acceptors (Lipinski definition) is 13. The van der Waals surface area contributed by atoms with Gasteiger partial charge in [-0.3, -0.25) is 24.7 Å². The molecule has 338 valence electrons. The number of thiazole rings is 1. The second kappa shape index (κ2) is 20.5. The average molecular weight is 937 g/mol. The Hall–Kier alpha value is -5.88. The van der Waals surface area contributed by atoms with E-state index in [2.05, 4.69) is 47.9 Å². The van der Waals surface area contributed by atoms with Crippen LogP contribution in [0.2, 0.25) is 5.02 Å². The number of carbonyl (C=O) groups excluding carboxylic acids is 1. The molecule has 2 saturated heterocycles. The smallest absolute Gasteiger partial charge is 0.293 e. The third kappa shape index (κ3) is 11.3. The van der Waals surface area contributed by atoms with Gasteiger partial charge in [-0.2, -0.15) is 0 Å². The van der Waals surface area contributed by atoms with Crippen LogP contribution in [0.1, 0.15) is 33.0 Å². The number of benzene rings is 5. The zero-order valence-electron chi connectivity index (χ0n) is 36.2. The highest BCUT2D eigenvalue weighted by molar-refractivity contribution is 7.90. The van der Waals surface area contributed by atoms with Crippen molar-refractivity contribution in [1.29, 1.82) is 0 Å². The molecule has 0 bridgehead atoms. The SMILES string of the molecule is Cc1nc(C)c(-c2cccc(Oc3cc(N4CCN(Cc5ccccc5-c5ccc(Cl)cc5)CC4)ccc3C(=O)NS(=O)(=O)c3ccc(NCCCN4CCOCC4)c([N+](=O)[O-])c3)c2)s1. The maximum Gasteiger partial charge on any atom is 0.293 e. The first kappa shape index (κ1) is 45.7. The van der Waals surface area contributed by atoms with Crippen LogP contribution in [0.25, 0.3) is 21.6 Å². The lowest BCUT2D eigenvalue weighted by Gasteiger charge is -2.36. The summed E-state index contributed by atoms with van der Waals surface area (Å²) in [6.45, 7) is 11.9. The van der Waals surface area contributed by atoms with Gasteiger partial charge in [0.15, 0.2) is 0 Å². The molecule has 3 heterocycles. The van der Waals surface area contributed by atoms with Crippen molar-refractivity contribution in [3.63, 3.8) is 0 Å². The van der Waals surface area contributed by atoms with Gasteiger partial charge in [0.25, 0.3) is 21.6 Å². The molecule has 0 saturated carbocycles. The van der Waals surface area contributed by atoms with Crippen LogP contribution in [0.3, 0.4) is 0 Å². The maximum absolute atomic E-state index is 14.1. The fraction of sp³-hybridized carbons (Fsp3) is 0.292. The minimum atomic E-state index is -4.57. The summed E-state index contributed by atoms with van der Waals surface area (Å²) in [6, 6.07) is 32.4. The number of sulfonamides is 1. The highest BCUT2D eigenvalue weighted by atomic mass is 35.5. The van der Waals surface area contributed by atoms with Gasteiger partial charge in [0.05, 0.1) is 44.2 Å². The van der Waals surface area contributed by atoms with Gasteiger partial charge in [0.2, 0.25) is 0 Å². The molecule has 1 amide bonds. The number of nitro groups is 1. The van der Waals surface area contributed by atoms with Crippen molar-refractivity contribution in [2.45, 2.75) is 31.7 Å². The standard InChI is InChI=1S/C48H50ClN7O7S2/c1-33-47(64-34(2)51-33)36-8-5-9-40(29-36)63-46-30-39(55-23-21-54(22-24-55)32-37-7-3-4-10-42(37)35-11-13-38(49)14-12-35)15-17-43(46)48(57)52-65(60,61)41-16-18-44(45(31-41)56(58)59)50-19-6-20-53-25-27-62-28-26-53/h3-5,7-18,29-31,50H,6,19-28,32H2,1-2H3,(H,52,57). The van der Waals surface area contributed by atoms with Crippen molar-refractivity contribution >= 4 is 55.9 Å². The van der Waals surface area contributed by atoms with Crippen molar-refractivity contribution in [2.75, 3.05) is 75.8 Å². The Bertz CT molecular complexity index is 2770. The van der Waals surface area contributed by atoms with Gasteiger partial charge >= 0.3 is 0 Å². The number of anilines is 2. The molecule has 0 spiro atoms. The first-order valence-corrected chi connectivity index (χ1v) is 24.1. The largest absolute Gasteiger partial charge is 0.456 e. The number of carbonyl (C=O) groups is 1. The van der Waals surface area contributed by atoms with E-state index in [0.29, 0.717) is 43.6 Å². The molecule has 2 aliphatic rings. The summed E-state index contributed by atoms with van der Waals surface area (Å²) in [5.74, 6) is -0.366. The molecule has 2 N–H and O–H groups in total. The number of amides is 1. The first-order valence-electron chi connectivity index (χ1n) is 21.5. The van der Waals surface area contributed by atoms with Crippen LogP contribution in [0, 0.1) is 24.0 Å². The molecule has 0 atom stereocenters. The molecule has 14 nitrogen and oxygen atoms in total. The van der Waals surface area contributed by atoms with Crippen molar-refractivity contribution < 1.29 is 27.6 Å². The fourth-order valence-electron chi connectivity index (χ4n) is 8.15. The molecule has 8 rings (SSSR count). The van der Waals surface area contributed by atoms with Gasteiger partial charge in [-0.25, -0.2) is 18.1 Å². The van der Waals surface area contributed by atoms with E-state index in [1.54, 1.807) is 35.6 Å². The average Bonchev–Trinajstić information content (AvgIpc) is 3.65. The van der Waals surface area contributed by atoms with Gasteiger partial charge in [-0.15, -0.1) is 11.3 Å². The number of nitrogens with zero attached hydrogens (tertiary/aromatic N) is 5. The number of morpholine rings is 1. The molecule has 65 heavy (non-hydrogen) atoms. The minimum absolute atomic E-state index is 0.0296. The Morgan fingerprint density at radius 1 is 0.877 bits per heavy atom. The first-order chi connectivity index (χ1) is 31.4. The summed E-state index contributed by atoms with van der Waals surface area (Å²) in [4.78, 5) is 37.6. The number of aromatic nitrogens is 1. The number of hydrogen-bond donors (Lipinski definition) is 2. The highest BCUT2D eigenvalue weighted by Crippen LogP contribution is 2.36. The number of piperazine rings is 1. The van der Waals surface area contributed by atoms with E-state index in [1.807, 2.05) is 62.4 Å². The van der Waals surface area contributed by atoms with E-state index in [0.717, 1.165) is 89.7 Å². The molecule has 2 aliphatic heterocycles. The molecule has 17 heteroatoms. The van der Waals surface area contributed by atoms with E-state index in [1.165, 1.54) is 17.7 Å². The normalized spacial score (nSPS) is 14.8. The van der Waals surface area contributed by atoms with Crippen LogP contribution in [-0.2, 0) is 21.3 Å². The lowest BCUT2D eigenvalue weighted by molar-refractivity contribution is -0.384. The number of aryl methyl sites for hydroxylation is 2. The summed E-state index contributed by atoms with van der Waals surface area (Å²) in [7, 11) is -4.57. The van der Waals surface area contributed by atoms with E-state index >= 15 is 0 Å². The van der Waals surface area contributed by atoms with Gasteiger partial charge in [-0.05, 0) is 97.6 Å². The van der Waals surface area contributed by atoms with Gasteiger partial charge < -0.3 is 19.7 Å². The topological polar surface area (TPSA) is 159 Å². The van der Waals surface area contributed by atoms with Crippen molar-refractivity contribution in [3.05, 3.63) is 146 Å². The zero-order chi connectivity index (χ0) is 45.5. The number of ether oxygens (including phenoxy) is 2. The molecule has 0 unspecified atom stereocenters. The van der Waals surface area contributed by atoms with Crippen LogP contribution in [0.15, 0.2) is 114 Å². The fourth-order valence-corrected chi connectivity index (χ4v) is 10.2. The third-order valence-electron chi connectivity index (χ3n) is 11.5. The molecular formula is C48H50ClN7O7S2. The van der Waals surface area contributed by atoms with Crippen LogP contribution in [0.5, 0.6) is 11.5 Å². The number of rotatable bonds is 16. The number of nitrogens with one attached hydrogen (secondary N) is 2. The maximum atomic E-state index is 14.1. The Morgan fingerprint density at radius 2 is 1.65 bits per heavy atom. The highest BCUT2D eigenvalue weighted by Gasteiger charge is 2.27. The van der Waals surface area contributed by atoms with Crippen LogP contribution < -0.4 is 19.7 Å². The van der Waals surface area contributed by atoms with Crippen LogP contribution in [0.4, 0.5) is 17.1 Å². The predicted molar refractivity (Wildman–Crippen MR) is 256 cm³/mol. The van der Waals surface area contributed by atoms with E-state index in [4.69, 9.17) is 21.1 Å². The molecule has 5 aromatic carbocycles. The van der Waals surface area contributed by atoms with E-state index in [-0.39, 0.29) is 17.0 Å². The van der Waals surface area contributed by atoms with E-state index < -0.39 is 31.4 Å². The lowest BCUT2D eigenvalue weighted by Crippen LogP contribution is -2.46. The molecule has 0 aliphatic carbocycles. The monoisotopic (exact) mass is 935 g/mol. The molecule has 1 aromatic heterocycles. The van der Waals surface area contributed by atoms with E-state index in [9.17, 15) is 23.3 Å². The Labute approximate surface area is 388 Å². The Balaban J connectivity index is 1.00. The van der Waals surface area contributed by atoms with Crippen LogP contribution >= 0.6 is 22.9 Å². The predicted octanol–water partition coefficient (Wildman–Crippen LogP) is 9.02. The number of nitro benzene ring substituents is 1. The summed E-state index contributed by atoms with van der Waals surface area (Å²) in [6.07, 6.45) is 0.725. The van der Waals surface area contributed by atoms with Gasteiger partial charge in [0, 0.05) is 75.2 Å². The van der Waals surface area contributed by atoms with Crippen molar-refractivity contribution in [1.82, 2.24) is 19.5 Å². The third-order valence-corrected chi connectivity index (χ3v) is 14.2. The quantitative estimate of drug-likeness (QED) is 0.0540. The van der Waals surface area contributed by atoms with Crippen molar-refractivity contribution in [2.24, 2.45) is 0 Å². The summed E-state index contributed by atoms with van der Waals surface area (Å²) in [5.41, 5.74) is 5.79. The summed E-state index contributed by atoms with van der Waals surface area (Å²) < 4.78 is 41.6. The Morgan fingerprint density at radius 3 is 2.38 bits per heavy atom.